The molecule has 2 atom stereocenters. The lowest BCUT2D eigenvalue weighted by Gasteiger charge is -2.25. The molecule has 380 valence electrons. The smallest absolute Gasteiger partial charge is 0.361 e. The minimum Gasteiger partial charge on any atom is -0.477 e. The molecular weight excluding hydrogens is 839 g/mol. The SMILES string of the molecule is CC/C=C\C/C=C\C/C=C\C/C=C\C/C=C\C/C=C\C/C=C\CCCCCC(=O)OC(COC(=O)CCCCCCCCC/C=C\C/C=C\CCCCC)COC(OCC[N+](C)(C)C)C(=O)O. The van der Waals surface area contributed by atoms with E-state index in [4.69, 9.17) is 18.9 Å². The summed E-state index contributed by atoms with van der Waals surface area (Å²) in [5.74, 6) is -2.08. The van der Waals surface area contributed by atoms with Gasteiger partial charge < -0.3 is 28.5 Å². The van der Waals surface area contributed by atoms with Crippen LogP contribution in [-0.2, 0) is 33.3 Å². The molecule has 0 saturated heterocycles. The molecule has 0 heterocycles. The molecule has 0 fully saturated rings. The zero-order chi connectivity index (χ0) is 49.2. The van der Waals surface area contributed by atoms with E-state index in [9.17, 15) is 19.5 Å². The van der Waals surface area contributed by atoms with Crippen molar-refractivity contribution in [3.8, 4) is 0 Å². The summed E-state index contributed by atoms with van der Waals surface area (Å²) in [5, 5.41) is 9.67. The number of quaternary nitrogens is 1. The Kier molecular flexibility index (Phi) is 45.5. The number of likely N-dealkylation sites (N-methyl/N-ethyl adjacent to an activating group) is 1. The van der Waals surface area contributed by atoms with Crippen LogP contribution in [0.4, 0.5) is 0 Å². The fourth-order valence-electron chi connectivity index (χ4n) is 6.49. The highest BCUT2D eigenvalue weighted by molar-refractivity contribution is 5.71. The molecule has 0 aliphatic heterocycles. The van der Waals surface area contributed by atoms with E-state index in [1.54, 1.807) is 0 Å². The molecule has 0 bridgehead atoms. The molecule has 9 nitrogen and oxygen atoms in total. The highest BCUT2D eigenvalue weighted by Crippen LogP contribution is 2.13. The van der Waals surface area contributed by atoms with Gasteiger partial charge in [-0.2, -0.15) is 0 Å². The second-order valence-electron chi connectivity index (χ2n) is 18.1. The molecule has 67 heavy (non-hydrogen) atoms. The van der Waals surface area contributed by atoms with Crippen molar-refractivity contribution in [1.82, 2.24) is 0 Å². The van der Waals surface area contributed by atoms with E-state index in [-0.39, 0.29) is 38.6 Å². The largest absolute Gasteiger partial charge is 0.477 e. The molecule has 0 aliphatic rings. The lowest BCUT2D eigenvalue weighted by Crippen LogP contribution is -2.40. The van der Waals surface area contributed by atoms with Gasteiger partial charge >= 0.3 is 17.9 Å². The van der Waals surface area contributed by atoms with Crippen LogP contribution < -0.4 is 0 Å². The van der Waals surface area contributed by atoms with E-state index >= 15 is 0 Å². The van der Waals surface area contributed by atoms with Crippen LogP contribution in [0.15, 0.2) is 109 Å². The van der Waals surface area contributed by atoms with Crippen LogP contribution in [0.5, 0.6) is 0 Å². The fraction of sp³-hybridized carbons (Fsp3) is 0.638. The summed E-state index contributed by atoms with van der Waals surface area (Å²) in [6, 6.07) is 0. The number of allylic oxidation sites excluding steroid dienone is 18. The lowest BCUT2D eigenvalue weighted by molar-refractivity contribution is -0.870. The molecular formula is C58H96NO8+. The number of carbonyl (C=O) groups is 3. The Labute approximate surface area is 409 Å². The first-order valence-corrected chi connectivity index (χ1v) is 26.1. The van der Waals surface area contributed by atoms with Crippen molar-refractivity contribution < 1.29 is 42.9 Å². The average molecular weight is 935 g/mol. The first kappa shape index (κ1) is 63.0. The number of hydrogen-bond acceptors (Lipinski definition) is 7. The minimum absolute atomic E-state index is 0.173. The fourth-order valence-corrected chi connectivity index (χ4v) is 6.49. The second-order valence-corrected chi connectivity index (χ2v) is 18.1. The van der Waals surface area contributed by atoms with Crippen LogP contribution in [0.1, 0.15) is 181 Å². The Morgan fingerprint density at radius 1 is 0.463 bits per heavy atom. The highest BCUT2D eigenvalue weighted by Gasteiger charge is 2.25. The van der Waals surface area contributed by atoms with E-state index in [0.29, 0.717) is 17.4 Å². The maximum atomic E-state index is 12.8. The molecule has 0 amide bonds. The molecule has 0 rings (SSSR count). The highest BCUT2D eigenvalue weighted by atomic mass is 16.7. The molecule has 0 aromatic carbocycles. The molecule has 0 aliphatic carbocycles. The van der Waals surface area contributed by atoms with Crippen LogP contribution in [0.3, 0.4) is 0 Å². The zero-order valence-electron chi connectivity index (χ0n) is 43.0. The number of carboxylic acids is 1. The van der Waals surface area contributed by atoms with Gasteiger partial charge in [-0.25, -0.2) is 4.79 Å². The van der Waals surface area contributed by atoms with Gasteiger partial charge in [-0.1, -0.05) is 175 Å². The third-order valence-corrected chi connectivity index (χ3v) is 10.5. The molecule has 0 radical (unpaired) electrons. The van der Waals surface area contributed by atoms with Crippen LogP contribution in [0, 0.1) is 0 Å². The first-order valence-electron chi connectivity index (χ1n) is 26.1. The van der Waals surface area contributed by atoms with Crippen LogP contribution in [0.25, 0.3) is 0 Å². The summed E-state index contributed by atoms with van der Waals surface area (Å²) in [6.45, 7) is 4.66. The minimum atomic E-state index is -1.53. The Morgan fingerprint density at radius 3 is 1.28 bits per heavy atom. The molecule has 9 heteroatoms. The van der Waals surface area contributed by atoms with Crippen molar-refractivity contribution in [2.75, 3.05) is 47.5 Å². The Bertz CT molecular complexity index is 1460. The van der Waals surface area contributed by atoms with Gasteiger partial charge in [0.05, 0.1) is 34.4 Å². The molecule has 0 saturated carbocycles. The quantitative estimate of drug-likeness (QED) is 0.0211. The predicted molar refractivity (Wildman–Crippen MR) is 281 cm³/mol. The number of nitrogens with zero attached hydrogens (tertiary/aromatic N) is 1. The third-order valence-electron chi connectivity index (χ3n) is 10.5. The van der Waals surface area contributed by atoms with Gasteiger partial charge in [0.2, 0.25) is 0 Å². The van der Waals surface area contributed by atoms with Gasteiger partial charge in [0, 0.05) is 12.8 Å². The Hall–Kier alpha value is -4.05. The molecule has 2 unspecified atom stereocenters. The number of esters is 2. The van der Waals surface area contributed by atoms with Crippen molar-refractivity contribution in [3.63, 3.8) is 0 Å². The number of carbonyl (C=O) groups excluding carboxylic acids is 2. The van der Waals surface area contributed by atoms with Crippen molar-refractivity contribution >= 4 is 17.9 Å². The van der Waals surface area contributed by atoms with Gasteiger partial charge in [0.15, 0.2) is 6.10 Å². The van der Waals surface area contributed by atoms with E-state index in [2.05, 4.69) is 123 Å². The average Bonchev–Trinajstić information content (AvgIpc) is 3.29. The number of ether oxygens (including phenoxy) is 4. The van der Waals surface area contributed by atoms with Crippen molar-refractivity contribution in [2.24, 2.45) is 0 Å². The Morgan fingerprint density at radius 2 is 0.851 bits per heavy atom. The van der Waals surface area contributed by atoms with Gasteiger partial charge in [-0.15, -0.1) is 0 Å². The molecule has 0 aromatic heterocycles. The monoisotopic (exact) mass is 935 g/mol. The summed E-state index contributed by atoms with van der Waals surface area (Å²) >= 11 is 0. The summed E-state index contributed by atoms with van der Waals surface area (Å²) in [6.07, 6.45) is 62.9. The van der Waals surface area contributed by atoms with E-state index in [0.717, 1.165) is 103 Å². The number of carboxylic acid groups (broad SMARTS) is 1. The second kappa shape index (κ2) is 48.4. The zero-order valence-corrected chi connectivity index (χ0v) is 43.0. The molecule has 1 N–H and O–H groups in total. The summed E-state index contributed by atoms with van der Waals surface area (Å²) in [5.41, 5.74) is 0. The standard InChI is InChI=1S/C58H95NO8/c1-6-8-10-12-14-16-18-20-22-24-25-26-27-28-29-30-31-33-35-37-39-41-43-45-47-49-56(61)67-54(53-66-58(57(62)63)64-51-50-59(3,4)5)52-65-55(60)48-46-44-42-40-38-36-34-32-23-21-19-17-15-13-11-9-7-2/h8,10,14-17,20-23,25-26,28-29,31,33,37,39,54,58H,6-7,9,11-13,18-19,24,27,30,32,34-36,38,40-53H2,1-5H3/p+1/b10-8-,16-14-,17-15-,22-20-,23-21-,26-25-,29-28-,33-31-,39-37-. The van der Waals surface area contributed by atoms with Crippen LogP contribution in [-0.4, -0.2) is 87.4 Å². The van der Waals surface area contributed by atoms with Gasteiger partial charge in [-0.05, 0) is 103 Å². The predicted octanol–water partition coefficient (Wildman–Crippen LogP) is 14.8. The molecule has 0 aromatic rings. The summed E-state index contributed by atoms with van der Waals surface area (Å²) in [7, 11) is 5.94. The van der Waals surface area contributed by atoms with Gasteiger partial charge in [-0.3, -0.25) is 9.59 Å². The maximum Gasteiger partial charge on any atom is 0.361 e. The van der Waals surface area contributed by atoms with E-state index < -0.39 is 24.3 Å². The van der Waals surface area contributed by atoms with E-state index in [1.807, 2.05) is 21.1 Å². The lowest BCUT2D eigenvalue weighted by atomic mass is 10.1. The van der Waals surface area contributed by atoms with E-state index in [1.165, 1.54) is 44.9 Å². The number of hydrogen-bond donors (Lipinski definition) is 1. The van der Waals surface area contributed by atoms with Gasteiger partial charge in [0.1, 0.15) is 13.2 Å². The third kappa shape index (κ3) is 49.7. The number of unbranched alkanes of at least 4 members (excludes halogenated alkanes) is 13. The van der Waals surface area contributed by atoms with Crippen molar-refractivity contribution in [2.45, 2.75) is 193 Å². The van der Waals surface area contributed by atoms with Crippen molar-refractivity contribution in [3.05, 3.63) is 109 Å². The van der Waals surface area contributed by atoms with Gasteiger partial charge in [0.25, 0.3) is 6.29 Å². The maximum absolute atomic E-state index is 12.8. The summed E-state index contributed by atoms with van der Waals surface area (Å²) in [4.78, 5) is 37.3. The molecule has 0 spiro atoms. The van der Waals surface area contributed by atoms with Crippen LogP contribution in [0.2, 0.25) is 0 Å². The number of rotatable bonds is 46. The topological polar surface area (TPSA) is 108 Å². The summed E-state index contributed by atoms with van der Waals surface area (Å²) < 4.78 is 22.8. The van der Waals surface area contributed by atoms with Crippen LogP contribution >= 0.6 is 0 Å². The first-order chi connectivity index (χ1) is 32.6. The van der Waals surface area contributed by atoms with Crippen molar-refractivity contribution in [1.29, 1.82) is 0 Å². The Balaban J connectivity index is 4.45. The normalized spacial score (nSPS) is 13.7. The number of aliphatic carboxylic acids is 1.